The largest absolute Gasteiger partial charge is 0.380 e. The normalized spacial score (nSPS) is 29.1. The summed E-state index contributed by atoms with van der Waals surface area (Å²) in [6.45, 7) is 8.10. The summed E-state index contributed by atoms with van der Waals surface area (Å²) in [5, 5.41) is 3.59. The number of nitrogens with one attached hydrogen (secondary N) is 1. The number of rotatable bonds is 8. The molecular formula is C14H27NO2. The Labute approximate surface area is 105 Å². The second-order valence-electron chi connectivity index (χ2n) is 5.82. The van der Waals surface area contributed by atoms with E-state index < -0.39 is 0 Å². The lowest BCUT2D eigenvalue weighted by atomic mass is 10.1. The third-order valence-electron chi connectivity index (χ3n) is 3.71. The van der Waals surface area contributed by atoms with E-state index in [4.69, 9.17) is 9.47 Å². The molecule has 0 aromatic carbocycles. The average Bonchev–Trinajstić information content (AvgIpc) is 3.03. The van der Waals surface area contributed by atoms with Crippen molar-refractivity contribution in [3.05, 3.63) is 0 Å². The number of ether oxygens (including phenoxy) is 2. The molecular weight excluding hydrogens is 214 g/mol. The molecule has 0 aromatic heterocycles. The first-order valence-corrected chi connectivity index (χ1v) is 7.20. The SMILES string of the molecule is CC(C)CCOCCNC1CCOC1C1CC1. The van der Waals surface area contributed by atoms with E-state index in [2.05, 4.69) is 19.2 Å². The lowest BCUT2D eigenvalue weighted by Crippen LogP contribution is -2.39. The van der Waals surface area contributed by atoms with Gasteiger partial charge >= 0.3 is 0 Å². The molecule has 0 bridgehead atoms. The molecule has 1 aliphatic heterocycles. The standard InChI is InChI=1S/C14H27NO2/c1-11(2)5-8-16-10-7-15-13-6-9-17-14(13)12-3-4-12/h11-15H,3-10H2,1-2H3. The van der Waals surface area contributed by atoms with Crippen LogP contribution >= 0.6 is 0 Å². The summed E-state index contributed by atoms with van der Waals surface area (Å²) in [5.74, 6) is 1.59. The van der Waals surface area contributed by atoms with E-state index in [1.807, 2.05) is 0 Å². The fraction of sp³-hybridized carbons (Fsp3) is 1.00. The third kappa shape index (κ3) is 4.57. The van der Waals surface area contributed by atoms with Crippen molar-refractivity contribution in [3.63, 3.8) is 0 Å². The van der Waals surface area contributed by atoms with Crippen LogP contribution in [0.25, 0.3) is 0 Å². The highest BCUT2D eigenvalue weighted by Gasteiger charge is 2.40. The minimum Gasteiger partial charge on any atom is -0.380 e. The highest BCUT2D eigenvalue weighted by Crippen LogP contribution is 2.38. The highest BCUT2D eigenvalue weighted by molar-refractivity contribution is 4.93. The van der Waals surface area contributed by atoms with Crippen LogP contribution in [0.5, 0.6) is 0 Å². The van der Waals surface area contributed by atoms with Crippen molar-refractivity contribution in [2.24, 2.45) is 11.8 Å². The maximum absolute atomic E-state index is 5.80. The Bertz CT molecular complexity index is 216. The molecule has 0 aromatic rings. The van der Waals surface area contributed by atoms with Gasteiger partial charge in [0.05, 0.1) is 12.7 Å². The van der Waals surface area contributed by atoms with Gasteiger partial charge in [0.15, 0.2) is 0 Å². The second kappa shape index (κ2) is 6.72. The lowest BCUT2D eigenvalue weighted by molar-refractivity contribution is 0.0766. The fourth-order valence-electron chi connectivity index (χ4n) is 2.46. The Kier molecular flexibility index (Phi) is 5.26. The molecule has 3 nitrogen and oxygen atoms in total. The molecule has 1 aliphatic carbocycles. The van der Waals surface area contributed by atoms with E-state index in [1.165, 1.54) is 19.3 Å². The molecule has 2 fully saturated rings. The van der Waals surface area contributed by atoms with E-state index in [9.17, 15) is 0 Å². The molecule has 0 amide bonds. The van der Waals surface area contributed by atoms with E-state index in [-0.39, 0.29) is 0 Å². The lowest BCUT2D eigenvalue weighted by Gasteiger charge is -2.19. The third-order valence-corrected chi connectivity index (χ3v) is 3.71. The van der Waals surface area contributed by atoms with Gasteiger partial charge < -0.3 is 14.8 Å². The predicted molar refractivity (Wildman–Crippen MR) is 69.1 cm³/mol. The van der Waals surface area contributed by atoms with E-state index in [1.54, 1.807) is 0 Å². The minimum absolute atomic E-state index is 0.491. The molecule has 3 heteroatoms. The number of hydrogen-bond acceptors (Lipinski definition) is 3. The van der Waals surface area contributed by atoms with Gasteiger partial charge in [-0.2, -0.15) is 0 Å². The highest BCUT2D eigenvalue weighted by atomic mass is 16.5. The molecule has 1 N–H and O–H groups in total. The first-order chi connectivity index (χ1) is 8.27. The first-order valence-electron chi connectivity index (χ1n) is 7.20. The summed E-state index contributed by atoms with van der Waals surface area (Å²) in [6, 6.07) is 0.580. The van der Waals surface area contributed by atoms with Crippen LogP contribution in [0.4, 0.5) is 0 Å². The Balaban J connectivity index is 1.49. The van der Waals surface area contributed by atoms with Crippen molar-refractivity contribution in [1.29, 1.82) is 0 Å². The van der Waals surface area contributed by atoms with Gasteiger partial charge in [0.2, 0.25) is 0 Å². The zero-order valence-corrected chi connectivity index (χ0v) is 11.3. The van der Waals surface area contributed by atoms with Crippen LogP contribution in [0.3, 0.4) is 0 Å². The molecule has 2 aliphatic rings. The molecule has 0 spiro atoms. The van der Waals surface area contributed by atoms with Gasteiger partial charge in [0.1, 0.15) is 0 Å². The zero-order valence-electron chi connectivity index (χ0n) is 11.3. The van der Waals surface area contributed by atoms with E-state index >= 15 is 0 Å². The molecule has 100 valence electrons. The van der Waals surface area contributed by atoms with Gasteiger partial charge in [-0.05, 0) is 37.5 Å². The van der Waals surface area contributed by atoms with Crippen LogP contribution in [-0.4, -0.2) is 38.5 Å². The van der Waals surface area contributed by atoms with Gasteiger partial charge in [0.25, 0.3) is 0 Å². The molecule has 1 saturated carbocycles. The van der Waals surface area contributed by atoms with Gasteiger partial charge in [-0.1, -0.05) is 13.8 Å². The van der Waals surface area contributed by atoms with Crippen molar-refractivity contribution in [2.45, 2.75) is 51.7 Å². The van der Waals surface area contributed by atoms with Crippen molar-refractivity contribution >= 4 is 0 Å². The maximum Gasteiger partial charge on any atom is 0.0756 e. The van der Waals surface area contributed by atoms with Gasteiger partial charge in [0, 0.05) is 25.8 Å². The zero-order chi connectivity index (χ0) is 12.1. The fourth-order valence-corrected chi connectivity index (χ4v) is 2.46. The second-order valence-corrected chi connectivity index (χ2v) is 5.82. The van der Waals surface area contributed by atoms with Gasteiger partial charge in [-0.25, -0.2) is 0 Å². The smallest absolute Gasteiger partial charge is 0.0756 e. The van der Waals surface area contributed by atoms with Crippen molar-refractivity contribution in [3.8, 4) is 0 Å². The van der Waals surface area contributed by atoms with E-state index in [0.29, 0.717) is 12.1 Å². The Morgan fingerprint density at radius 1 is 1.24 bits per heavy atom. The summed E-state index contributed by atoms with van der Waals surface area (Å²) in [5.41, 5.74) is 0. The predicted octanol–water partition coefficient (Wildman–Crippen LogP) is 2.21. The van der Waals surface area contributed by atoms with Crippen molar-refractivity contribution in [2.75, 3.05) is 26.4 Å². The summed E-state index contributed by atoms with van der Waals surface area (Å²) in [7, 11) is 0. The van der Waals surface area contributed by atoms with Crippen LogP contribution in [-0.2, 0) is 9.47 Å². The minimum atomic E-state index is 0.491. The van der Waals surface area contributed by atoms with Crippen LogP contribution in [0.2, 0.25) is 0 Å². The molecule has 17 heavy (non-hydrogen) atoms. The average molecular weight is 241 g/mol. The quantitative estimate of drug-likeness (QED) is 0.661. The Morgan fingerprint density at radius 2 is 2.06 bits per heavy atom. The molecule has 1 saturated heterocycles. The van der Waals surface area contributed by atoms with Gasteiger partial charge in [-0.15, -0.1) is 0 Å². The Hall–Kier alpha value is -0.120. The van der Waals surface area contributed by atoms with Crippen molar-refractivity contribution < 1.29 is 9.47 Å². The molecule has 2 rings (SSSR count). The summed E-state index contributed by atoms with van der Waals surface area (Å²) < 4.78 is 11.4. The molecule has 2 atom stereocenters. The molecule has 1 heterocycles. The molecule has 0 radical (unpaired) electrons. The molecule has 2 unspecified atom stereocenters. The monoisotopic (exact) mass is 241 g/mol. The summed E-state index contributed by atoms with van der Waals surface area (Å²) in [6.07, 6.45) is 5.57. The van der Waals surface area contributed by atoms with Crippen LogP contribution in [0, 0.1) is 11.8 Å². The maximum atomic E-state index is 5.80. The summed E-state index contributed by atoms with van der Waals surface area (Å²) >= 11 is 0. The van der Waals surface area contributed by atoms with Crippen LogP contribution in [0.1, 0.15) is 39.5 Å². The van der Waals surface area contributed by atoms with Crippen molar-refractivity contribution in [1.82, 2.24) is 5.32 Å². The number of hydrogen-bond donors (Lipinski definition) is 1. The van der Waals surface area contributed by atoms with E-state index in [0.717, 1.165) is 44.6 Å². The van der Waals surface area contributed by atoms with Crippen LogP contribution < -0.4 is 5.32 Å². The first kappa shape index (κ1) is 13.3. The topological polar surface area (TPSA) is 30.5 Å². The summed E-state index contributed by atoms with van der Waals surface area (Å²) in [4.78, 5) is 0. The van der Waals surface area contributed by atoms with Gasteiger partial charge in [-0.3, -0.25) is 0 Å². The van der Waals surface area contributed by atoms with Crippen LogP contribution in [0.15, 0.2) is 0 Å². The Morgan fingerprint density at radius 3 is 2.76 bits per heavy atom.